The number of phenols is 2. The molecule has 4 rings (SSSR count). The Morgan fingerprint density at radius 3 is 2.76 bits per heavy atom. The van der Waals surface area contributed by atoms with E-state index < -0.39 is 11.7 Å². The first-order chi connectivity index (χ1) is 11.9. The molecule has 0 aromatic heterocycles. The molecule has 2 aromatic rings. The molecule has 0 fully saturated rings. The summed E-state index contributed by atoms with van der Waals surface area (Å²) in [6.07, 6.45) is 1.97. The van der Waals surface area contributed by atoms with Gasteiger partial charge in [0.15, 0.2) is 11.7 Å². The lowest BCUT2D eigenvalue weighted by Crippen LogP contribution is -2.41. The van der Waals surface area contributed by atoms with Crippen LogP contribution in [0.5, 0.6) is 23.0 Å². The van der Waals surface area contributed by atoms with Gasteiger partial charge in [-0.05, 0) is 44.0 Å². The highest BCUT2D eigenvalue weighted by molar-refractivity contribution is 5.55. The number of hydrogen-bond acceptors (Lipinski definition) is 5. The van der Waals surface area contributed by atoms with Gasteiger partial charge in [-0.3, -0.25) is 0 Å². The minimum absolute atomic E-state index is 0.0230. The quantitative estimate of drug-likeness (QED) is 0.731. The molecule has 2 aliphatic rings. The lowest BCUT2D eigenvalue weighted by atomic mass is 9.84. The largest absolute Gasteiger partial charge is 0.508 e. The van der Waals surface area contributed by atoms with E-state index in [9.17, 15) is 15.3 Å². The number of benzene rings is 2. The van der Waals surface area contributed by atoms with Crippen LogP contribution in [0.25, 0.3) is 0 Å². The van der Waals surface area contributed by atoms with Crippen molar-refractivity contribution in [2.75, 3.05) is 6.61 Å². The first kappa shape index (κ1) is 15.8. The molecule has 2 aliphatic heterocycles. The van der Waals surface area contributed by atoms with Crippen LogP contribution in [-0.2, 0) is 12.0 Å². The van der Waals surface area contributed by atoms with E-state index in [2.05, 4.69) is 0 Å². The van der Waals surface area contributed by atoms with Gasteiger partial charge in [0, 0.05) is 23.3 Å². The first-order valence-corrected chi connectivity index (χ1v) is 8.23. The molecule has 0 bridgehead atoms. The van der Waals surface area contributed by atoms with Crippen LogP contribution >= 0.6 is 0 Å². The van der Waals surface area contributed by atoms with Gasteiger partial charge in [-0.25, -0.2) is 0 Å². The van der Waals surface area contributed by atoms with Crippen molar-refractivity contribution in [3.63, 3.8) is 0 Å². The monoisotopic (exact) mass is 340 g/mol. The molecular weight excluding hydrogens is 320 g/mol. The molecule has 2 atom stereocenters. The second-order valence-electron chi connectivity index (χ2n) is 6.90. The van der Waals surface area contributed by atoms with Gasteiger partial charge in [0.1, 0.15) is 29.6 Å². The molecule has 2 unspecified atom stereocenters. The summed E-state index contributed by atoms with van der Waals surface area (Å²) in [5.74, 6) is 1.19. The summed E-state index contributed by atoms with van der Waals surface area (Å²) in [5, 5.41) is 31.1. The molecule has 0 radical (unpaired) electrons. The summed E-state index contributed by atoms with van der Waals surface area (Å²) in [7, 11) is 0. The minimum atomic E-state index is -1.32. The van der Waals surface area contributed by atoms with Crippen LogP contribution in [-0.4, -0.2) is 21.9 Å². The van der Waals surface area contributed by atoms with Gasteiger partial charge in [0.2, 0.25) is 0 Å². The van der Waals surface area contributed by atoms with Gasteiger partial charge in [0.25, 0.3) is 0 Å². The maximum Gasteiger partial charge on any atom is 0.168 e. The summed E-state index contributed by atoms with van der Waals surface area (Å²) < 4.78 is 11.7. The molecule has 2 aromatic carbocycles. The number of aromatic hydroxyl groups is 2. The highest BCUT2D eigenvalue weighted by Gasteiger charge is 2.53. The van der Waals surface area contributed by atoms with E-state index >= 15 is 0 Å². The second kappa shape index (κ2) is 5.43. The highest BCUT2D eigenvalue weighted by Crippen LogP contribution is 2.54. The number of hydrogen-bond donors (Lipinski definition) is 3. The fourth-order valence-corrected chi connectivity index (χ4v) is 3.43. The Morgan fingerprint density at radius 2 is 2.00 bits per heavy atom. The molecule has 5 nitrogen and oxygen atoms in total. The number of phenolic OH excluding ortho intramolecular Hbond substituents is 2. The number of fused-ring (bicyclic) bond motifs is 5. The van der Waals surface area contributed by atoms with Gasteiger partial charge < -0.3 is 24.8 Å². The van der Waals surface area contributed by atoms with Crippen molar-refractivity contribution in [3.05, 3.63) is 58.7 Å². The van der Waals surface area contributed by atoms with Gasteiger partial charge in [-0.2, -0.15) is 0 Å². The highest BCUT2D eigenvalue weighted by atomic mass is 16.5. The predicted molar refractivity (Wildman–Crippen MR) is 92.1 cm³/mol. The van der Waals surface area contributed by atoms with Crippen molar-refractivity contribution in [2.24, 2.45) is 0 Å². The predicted octanol–water partition coefficient (Wildman–Crippen LogP) is 3.32. The molecule has 5 heteroatoms. The van der Waals surface area contributed by atoms with E-state index in [0.29, 0.717) is 29.0 Å². The molecular formula is C20H20O5. The van der Waals surface area contributed by atoms with Gasteiger partial charge in [-0.15, -0.1) is 0 Å². The van der Waals surface area contributed by atoms with Crippen molar-refractivity contribution in [1.29, 1.82) is 0 Å². The third kappa shape index (κ3) is 2.43. The Balaban J connectivity index is 1.79. The van der Waals surface area contributed by atoms with Gasteiger partial charge >= 0.3 is 0 Å². The third-order valence-corrected chi connectivity index (χ3v) is 4.78. The van der Waals surface area contributed by atoms with Crippen LogP contribution in [0.15, 0.2) is 42.0 Å². The fourth-order valence-electron chi connectivity index (χ4n) is 3.43. The van der Waals surface area contributed by atoms with E-state index in [1.54, 1.807) is 12.1 Å². The SMILES string of the molecule is CC(C)=CCc1cc2c(cc1O)OCC1(O)c3ccc(O)cc3OC21. The third-order valence-electron chi connectivity index (χ3n) is 4.78. The standard InChI is InChI=1S/C20H20O5/c1-11(2)3-4-12-7-14-17(9-16(12)22)24-10-20(23)15-6-5-13(21)8-18(15)25-19(14)20/h3,5-9,19,21-23H,4,10H2,1-2H3. The molecule has 25 heavy (non-hydrogen) atoms. The van der Waals surface area contributed by atoms with Crippen LogP contribution in [0, 0.1) is 0 Å². The maximum absolute atomic E-state index is 11.2. The Kier molecular flexibility index (Phi) is 3.44. The Labute approximate surface area is 145 Å². The topological polar surface area (TPSA) is 79.2 Å². The van der Waals surface area contributed by atoms with E-state index in [1.165, 1.54) is 12.1 Å². The van der Waals surface area contributed by atoms with E-state index in [0.717, 1.165) is 11.1 Å². The van der Waals surface area contributed by atoms with Crippen LogP contribution in [0.2, 0.25) is 0 Å². The van der Waals surface area contributed by atoms with Crippen molar-refractivity contribution in [1.82, 2.24) is 0 Å². The smallest absolute Gasteiger partial charge is 0.168 e. The van der Waals surface area contributed by atoms with E-state index in [1.807, 2.05) is 26.0 Å². The van der Waals surface area contributed by atoms with Crippen molar-refractivity contribution in [2.45, 2.75) is 32.0 Å². The summed E-state index contributed by atoms with van der Waals surface area (Å²) in [6.45, 7) is 4.02. The van der Waals surface area contributed by atoms with Crippen LogP contribution in [0.4, 0.5) is 0 Å². The maximum atomic E-state index is 11.2. The Bertz CT molecular complexity index is 882. The summed E-state index contributed by atoms with van der Waals surface area (Å²) in [5.41, 5.74) is 1.88. The lowest BCUT2D eigenvalue weighted by molar-refractivity contribution is -0.0864. The fraction of sp³-hybridized carbons (Fsp3) is 0.300. The molecule has 0 amide bonds. The number of aliphatic hydroxyl groups is 1. The van der Waals surface area contributed by atoms with E-state index in [-0.39, 0.29) is 18.1 Å². The zero-order valence-electron chi connectivity index (χ0n) is 14.1. The second-order valence-corrected chi connectivity index (χ2v) is 6.90. The molecule has 0 saturated heterocycles. The average Bonchev–Trinajstić information content (AvgIpc) is 2.85. The molecule has 0 saturated carbocycles. The zero-order valence-corrected chi connectivity index (χ0v) is 14.1. The molecule has 0 spiro atoms. The summed E-state index contributed by atoms with van der Waals surface area (Å²) in [4.78, 5) is 0. The molecule has 0 aliphatic carbocycles. The molecule has 2 heterocycles. The normalized spacial score (nSPS) is 22.9. The lowest BCUT2D eigenvalue weighted by Gasteiger charge is -2.35. The zero-order chi connectivity index (χ0) is 17.8. The molecule has 3 N–H and O–H groups in total. The van der Waals surface area contributed by atoms with E-state index in [4.69, 9.17) is 9.47 Å². The minimum Gasteiger partial charge on any atom is -0.508 e. The van der Waals surface area contributed by atoms with Crippen LogP contribution in [0.3, 0.4) is 0 Å². The van der Waals surface area contributed by atoms with Crippen LogP contribution < -0.4 is 9.47 Å². The summed E-state index contributed by atoms with van der Waals surface area (Å²) in [6, 6.07) is 8.08. The number of ether oxygens (including phenoxy) is 2. The Morgan fingerprint density at radius 1 is 1.20 bits per heavy atom. The Hall–Kier alpha value is -2.66. The van der Waals surface area contributed by atoms with Crippen molar-refractivity contribution in [3.8, 4) is 23.0 Å². The summed E-state index contributed by atoms with van der Waals surface area (Å²) >= 11 is 0. The average molecular weight is 340 g/mol. The van der Waals surface area contributed by atoms with Crippen molar-refractivity contribution >= 4 is 0 Å². The number of allylic oxidation sites excluding steroid dienone is 2. The first-order valence-electron chi connectivity index (χ1n) is 8.23. The molecule has 130 valence electrons. The van der Waals surface area contributed by atoms with Gasteiger partial charge in [-0.1, -0.05) is 11.6 Å². The van der Waals surface area contributed by atoms with Gasteiger partial charge in [0.05, 0.1) is 0 Å². The van der Waals surface area contributed by atoms with Crippen LogP contribution in [0.1, 0.15) is 36.6 Å². The van der Waals surface area contributed by atoms with Crippen molar-refractivity contribution < 1.29 is 24.8 Å². The number of rotatable bonds is 2.